The molecule has 4 heteroatoms. The topological polar surface area (TPSA) is 48.1 Å². The second-order valence-corrected chi connectivity index (χ2v) is 3.97. The van der Waals surface area contributed by atoms with Crippen molar-refractivity contribution in [3.8, 4) is 17.0 Å². The number of nitrogen functional groups attached to an aromatic ring is 1. The zero-order valence-electron chi connectivity index (χ0n) is 10.4. The lowest BCUT2D eigenvalue weighted by molar-refractivity contribution is 0.396. The Hall–Kier alpha value is -2.10. The minimum absolute atomic E-state index is 0.373. The number of halogens is 1. The quantitative estimate of drug-likeness (QED) is 0.847. The van der Waals surface area contributed by atoms with Crippen LogP contribution in [0.15, 0.2) is 30.5 Å². The zero-order chi connectivity index (χ0) is 13.1. The zero-order valence-corrected chi connectivity index (χ0v) is 10.4. The first-order chi connectivity index (χ1) is 8.65. The highest BCUT2D eigenvalue weighted by Crippen LogP contribution is 2.28. The van der Waals surface area contributed by atoms with E-state index in [9.17, 15) is 4.39 Å². The maximum atomic E-state index is 13.8. The highest BCUT2D eigenvalue weighted by molar-refractivity contribution is 5.68. The van der Waals surface area contributed by atoms with Crippen LogP contribution in [0.25, 0.3) is 11.1 Å². The Morgan fingerprint density at radius 3 is 2.78 bits per heavy atom. The van der Waals surface area contributed by atoms with E-state index in [-0.39, 0.29) is 5.82 Å². The van der Waals surface area contributed by atoms with Crippen molar-refractivity contribution in [2.45, 2.75) is 13.3 Å². The maximum absolute atomic E-state index is 13.8. The van der Waals surface area contributed by atoms with E-state index in [1.165, 1.54) is 7.11 Å². The molecule has 0 aliphatic heterocycles. The smallest absolute Gasteiger partial charge is 0.213 e. The van der Waals surface area contributed by atoms with Crippen molar-refractivity contribution in [3.63, 3.8) is 0 Å². The fourth-order valence-corrected chi connectivity index (χ4v) is 1.83. The van der Waals surface area contributed by atoms with Crippen LogP contribution in [-0.4, -0.2) is 12.1 Å². The van der Waals surface area contributed by atoms with E-state index in [1.807, 2.05) is 13.0 Å². The lowest BCUT2D eigenvalue weighted by Gasteiger charge is -2.09. The lowest BCUT2D eigenvalue weighted by atomic mass is 10.0. The fourth-order valence-electron chi connectivity index (χ4n) is 1.83. The van der Waals surface area contributed by atoms with Crippen LogP contribution < -0.4 is 10.5 Å². The molecule has 0 saturated carbocycles. The van der Waals surface area contributed by atoms with Crippen LogP contribution in [0.1, 0.15) is 12.5 Å². The number of methoxy groups -OCH3 is 1. The van der Waals surface area contributed by atoms with Gasteiger partial charge in [0.25, 0.3) is 0 Å². The molecule has 1 aromatic heterocycles. The van der Waals surface area contributed by atoms with E-state index in [1.54, 1.807) is 18.2 Å². The van der Waals surface area contributed by atoms with Crippen LogP contribution in [0.4, 0.5) is 10.1 Å². The summed E-state index contributed by atoms with van der Waals surface area (Å²) in [5.41, 5.74) is 8.81. The Kier molecular flexibility index (Phi) is 3.46. The van der Waals surface area contributed by atoms with Gasteiger partial charge in [0.1, 0.15) is 5.82 Å². The van der Waals surface area contributed by atoms with Gasteiger partial charge in [0.15, 0.2) is 0 Å². The first kappa shape index (κ1) is 12.4. The Balaban J connectivity index is 2.54. The molecule has 94 valence electrons. The first-order valence-corrected chi connectivity index (χ1v) is 5.74. The second-order valence-electron chi connectivity index (χ2n) is 3.97. The number of benzene rings is 1. The molecule has 2 rings (SSSR count). The molecule has 0 spiro atoms. The molecule has 0 amide bonds. The van der Waals surface area contributed by atoms with Gasteiger partial charge in [-0.05, 0) is 29.7 Å². The second kappa shape index (κ2) is 5.04. The minimum atomic E-state index is -0.373. The molecule has 0 saturated heterocycles. The van der Waals surface area contributed by atoms with Gasteiger partial charge in [-0.1, -0.05) is 13.0 Å². The molecule has 2 N–H and O–H groups in total. The molecular formula is C14H15FN2O. The summed E-state index contributed by atoms with van der Waals surface area (Å²) in [4.78, 5) is 3.82. The number of ether oxygens (including phenoxy) is 1. The Morgan fingerprint density at radius 1 is 1.33 bits per heavy atom. The highest BCUT2D eigenvalue weighted by Gasteiger charge is 2.09. The lowest BCUT2D eigenvalue weighted by Crippen LogP contribution is -1.95. The van der Waals surface area contributed by atoms with Gasteiger partial charge in [-0.2, -0.15) is 0 Å². The molecule has 3 nitrogen and oxygen atoms in total. The average Bonchev–Trinajstić information content (AvgIpc) is 2.40. The van der Waals surface area contributed by atoms with E-state index in [0.29, 0.717) is 11.4 Å². The summed E-state index contributed by atoms with van der Waals surface area (Å²) >= 11 is 0. The number of nitrogens with two attached hydrogens (primary N) is 1. The van der Waals surface area contributed by atoms with Gasteiger partial charge in [-0.3, -0.25) is 0 Å². The summed E-state index contributed by atoms with van der Waals surface area (Å²) in [6, 6.07) is 7.07. The molecule has 2 aromatic rings. The maximum Gasteiger partial charge on any atom is 0.213 e. The largest absolute Gasteiger partial charge is 0.481 e. The Morgan fingerprint density at radius 2 is 2.11 bits per heavy atom. The molecule has 0 fully saturated rings. The molecule has 0 aliphatic carbocycles. The number of aryl methyl sites for hydroxylation is 1. The molecule has 0 bridgehead atoms. The van der Waals surface area contributed by atoms with Crippen molar-refractivity contribution >= 4 is 5.69 Å². The molecule has 18 heavy (non-hydrogen) atoms. The molecule has 0 unspecified atom stereocenters. The summed E-state index contributed by atoms with van der Waals surface area (Å²) < 4.78 is 18.8. The molecular weight excluding hydrogens is 231 g/mol. The van der Waals surface area contributed by atoms with E-state index in [4.69, 9.17) is 10.5 Å². The number of hydrogen-bond acceptors (Lipinski definition) is 3. The summed E-state index contributed by atoms with van der Waals surface area (Å²) in [7, 11) is 1.50. The third-order valence-corrected chi connectivity index (χ3v) is 2.87. The van der Waals surface area contributed by atoms with E-state index in [2.05, 4.69) is 4.98 Å². The van der Waals surface area contributed by atoms with Crippen LogP contribution in [0.5, 0.6) is 5.88 Å². The first-order valence-electron chi connectivity index (χ1n) is 5.74. The number of anilines is 1. The number of nitrogens with zero attached hydrogens (tertiary/aromatic N) is 1. The number of rotatable bonds is 3. The Labute approximate surface area is 105 Å². The monoisotopic (exact) mass is 246 g/mol. The van der Waals surface area contributed by atoms with Gasteiger partial charge < -0.3 is 10.5 Å². The number of hydrogen-bond donors (Lipinski definition) is 1. The summed E-state index contributed by atoms with van der Waals surface area (Å²) in [5, 5.41) is 0. The van der Waals surface area contributed by atoms with Crippen molar-refractivity contribution in [2.75, 3.05) is 12.8 Å². The van der Waals surface area contributed by atoms with Crippen molar-refractivity contribution < 1.29 is 9.13 Å². The normalized spacial score (nSPS) is 10.4. The van der Waals surface area contributed by atoms with Crippen LogP contribution in [-0.2, 0) is 6.42 Å². The molecule has 0 aliphatic rings. The summed E-state index contributed by atoms with van der Waals surface area (Å²) in [6.45, 7) is 2.01. The molecule has 1 heterocycles. The van der Waals surface area contributed by atoms with Gasteiger partial charge in [-0.15, -0.1) is 0 Å². The van der Waals surface area contributed by atoms with Gasteiger partial charge in [0.05, 0.1) is 13.3 Å². The van der Waals surface area contributed by atoms with Crippen LogP contribution in [0.3, 0.4) is 0 Å². The summed E-state index contributed by atoms with van der Waals surface area (Å²) in [6.07, 6.45) is 1.97. The van der Waals surface area contributed by atoms with E-state index >= 15 is 0 Å². The fraction of sp³-hybridized carbons (Fsp3) is 0.214. The van der Waals surface area contributed by atoms with Crippen LogP contribution in [0, 0.1) is 5.82 Å². The number of aromatic nitrogens is 1. The minimum Gasteiger partial charge on any atom is -0.481 e. The van der Waals surface area contributed by atoms with Crippen molar-refractivity contribution in [3.05, 3.63) is 41.8 Å². The van der Waals surface area contributed by atoms with Gasteiger partial charge >= 0.3 is 0 Å². The number of pyridine rings is 1. The third kappa shape index (κ3) is 2.27. The van der Waals surface area contributed by atoms with E-state index < -0.39 is 0 Å². The van der Waals surface area contributed by atoms with Gasteiger partial charge in [0.2, 0.25) is 5.88 Å². The predicted molar refractivity (Wildman–Crippen MR) is 70.0 cm³/mol. The van der Waals surface area contributed by atoms with Crippen molar-refractivity contribution in [1.29, 1.82) is 0 Å². The van der Waals surface area contributed by atoms with Crippen molar-refractivity contribution in [2.24, 2.45) is 0 Å². The Bertz CT molecular complexity index is 570. The summed E-state index contributed by atoms with van der Waals surface area (Å²) in [5.74, 6) is 0.0175. The third-order valence-electron chi connectivity index (χ3n) is 2.87. The average molecular weight is 246 g/mol. The molecule has 0 atom stereocenters. The van der Waals surface area contributed by atoms with Gasteiger partial charge in [-0.25, -0.2) is 9.37 Å². The SMILES string of the molecule is CCc1cc(-c2cc(OC)ncc2F)ccc1N. The van der Waals surface area contributed by atoms with Crippen LogP contribution in [0.2, 0.25) is 0 Å². The molecule has 1 aromatic carbocycles. The molecule has 0 radical (unpaired) electrons. The highest BCUT2D eigenvalue weighted by atomic mass is 19.1. The van der Waals surface area contributed by atoms with Crippen molar-refractivity contribution in [1.82, 2.24) is 4.98 Å². The van der Waals surface area contributed by atoms with Crippen LogP contribution >= 0.6 is 0 Å². The van der Waals surface area contributed by atoms with Gasteiger partial charge in [0, 0.05) is 17.3 Å². The van der Waals surface area contributed by atoms with E-state index in [0.717, 1.165) is 29.4 Å². The standard InChI is InChI=1S/C14H15FN2O/c1-3-9-6-10(4-5-13(9)16)11-7-14(18-2)17-8-12(11)15/h4-8H,3,16H2,1-2H3. The predicted octanol–water partition coefficient (Wildman–Crippen LogP) is 3.04.